The van der Waals surface area contributed by atoms with Crippen LogP contribution in [-0.2, 0) is 0 Å². The normalized spacial score (nSPS) is 12.0. The lowest BCUT2D eigenvalue weighted by Crippen LogP contribution is -2.22. The van der Waals surface area contributed by atoms with Crippen LogP contribution >= 0.6 is 23.2 Å². The zero-order valence-electron chi connectivity index (χ0n) is 11.9. The molecule has 0 amide bonds. The van der Waals surface area contributed by atoms with Crippen LogP contribution in [0.4, 0.5) is 5.69 Å². The van der Waals surface area contributed by atoms with Gasteiger partial charge in [-0.1, -0.05) is 41.4 Å². The van der Waals surface area contributed by atoms with E-state index >= 15 is 0 Å². The van der Waals surface area contributed by atoms with E-state index in [0.717, 1.165) is 16.3 Å². The van der Waals surface area contributed by atoms with Crippen LogP contribution < -0.4 is 10.6 Å². The molecule has 0 radical (unpaired) electrons. The molecule has 0 aliphatic carbocycles. The van der Waals surface area contributed by atoms with Crippen molar-refractivity contribution < 1.29 is 0 Å². The van der Waals surface area contributed by atoms with Crippen LogP contribution in [0.2, 0.25) is 10.0 Å². The van der Waals surface area contributed by atoms with E-state index in [9.17, 15) is 0 Å². The third-order valence-electron chi connectivity index (χ3n) is 3.57. The molecule has 0 saturated carbocycles. The second-order valence-corrected chi connectivity index (χ2v) is 5.70. The van der Waals surface area contributed by atoms with Gasteiger partial charge < -0.3 is 10.6 Å². The van der Waals surface area contributed by atoms with Crippen molar-refractivity contribution in [1.82, 2.24) is 0 Å². The number of rotatable bonds is 4. The molecule has 0 spiro atoms. The SMILES string of the molecule is CC(c1ccccc1Cl)N(C)c1ccc(C(=N)N)cc1Cl. The molecular formula is C16H17Cl2N3. The average Bonchev–Trinajstić information content (AvgIpc) is 2.46. The van der Waals surface area contributed by atoms with Crippen LogP contribution in [0.15, 0.2) is 42.5 Å². The van der Waals surface area contributed by atoms with Crippen molar-refractivity contribution in [3.8, 4) is 0 Å². The Morgan fingerprint density at radius 3 is 2.38 bits per heavy atom. The number of nitrogen functional groups attached to an aromatic ring is 1. The van der Waals surface area contributed by atoms with Gasteiger partial charge in [0, 0.05) is 17.6 Å². The Bertz CT molecular complexity index is 670. The topological polar surface area (TPSA) is 53.1 Å². The van der Waals surface area contributed by atoms with Gasteiger partial charge in [-0.2, -0.15) is 0 Å². The highest BCUT2D eigenvalue weighted by Crippen LogP contribution is 2.34. The molecule has 21 heavy (non-hydrogen) atoms. The highest BCUT2D eigenvalue weighted by molar-refractivity contribution is 6.33. The van der Waals surface area contributed by atoms with Crippen molar-refractivity contribution in [2.45, 2.75) is 13.0 Å². The van der Waals surface area contributed by atoms with Crippen molar-refractivity contribution in [1.29, 1.82) is 5.41 Å². The number of amidine groups is 1. The van der Waals surface area contributed by atoms with Crippen molar-refractivity contribution in [2.24, 2.45) is 5.73 Å². The molecule has 0 aliphatic heterocycles. The lowest BCUT2D eigenvalue weighted by molar-refractivity contribution is 0.740. The Morgan fingerprint density at radius 1 is 1.14 bits per heavy atom. The number of nitrogens with two attached hydrogens (primary N) is 1. The second kappa shape index (κ2) is 6.37. The molecule has 0 aromatic heterocycles. The van der Waals surface area contributed by atoms with Gasteiger partial charge in [-0.05, 0) is 36.8 Å². The van der Waals surface area contributed by atoms with Crippen LogP contribution in [0.3, 0.4) is 0 Å². The van der Waals surface area contributed by atoms with Gasteiger partial charge in [0.15, 0.2) is 0 Å². The number of anilines is 1. The van der Waals surface area contributed by atoms with Crippen LogP contribution in [0.5, 0.6) is 0 Å². The molecule has 2 aromatic rings. The fourth-order valence-electron chi connectivity index (χ4n) is 2.19. The zero-order chi connectivity index (χ0) is 15.6. The van der Waals surface area contributed by atoms with Crippen LogP contribution in [0, 0.1) is 5.41 Å². The maximum atomic E-state index is 7.45. The minimum absolute atomic E-state index is 0.00487. The summed E-state index contributed by atoms with van der Waals surface area (Å²) in [5, 5.41) is 8.73. The van der Waals surface area contributed by atoms with Crippen LogP contribution in [-0.4, -0.2) is 12.9 Å². The van der Waals surface area contributed by atoms with Gasteiger partial charge in [0.05, 0.1) is 16.8 Å². The summed E-state index contributed by atoms with van der Waals surface area (Å²) in [5.41, 5.74) is 7.99. The first kappa shape index (κ1) is 15.7. The van der Waals surface area contributed by atoms with Gasteiger partial charge in [0.1, 0.15) is 5.84 Å². The third kappa shape index (κ3) is 3.31. The monoisotopic (exact) mass is 321 g/mol. The van der Waals surface area contributed by atoms with Crippen LogP contribution in [0.25, 0.3) is 0 Å². The Morgan fingerprint density at radius 2 is 1.81 bits per heavy atom. The van der Waals surface area contributed by atoms with Crippen molar-refractivity contribution >= 4 is 34.7 Å². The number of hydrogen-bond donors (Lipinski definition) is 2. The largest absolute Gasteiger partial charge is 0.384 e. The first-order valence-corrected chi connectivity index (χ1v) is 7.28. The smallest absolute Gasteiger partial charge is 0.122 e. The lowest BCUT2D eigenvalue weighted by Gasteiger charge is -2.29. The standard InChI is InChI=1S/C16H17Cl2N3/c1-10(12-5-3-4-6-13(12)17)21(2)15-8-7-11(16(19)20)9-14(15)18/h3-10H,1-2H3,(H3,19,20). The van der Waals surface area contributed by atoms with E-state index in [-0.39, 0.29) is 11.9 Å². The summed E-state index contributed by atoms with van der Waals surface area (Å²) >= 11 is 12.6. The molecule has 0 heterocycles. The molecule has 2 rings (SSSR count). The third-order valence-corrected chi connectivity index (χ3v) is 4.22. The van der Waals surface area contributed by atoms with E-state index in [0.29, 0.717) is 10.6 Å². The molecule has 5 heteroatoms. The minimum Gasteiger partial charge on any atom is -0.384 e. The van der Waals surface area contributed by atoms with Gasteiger partial charge in [0.25, 0.3) is 0 Å². The van der Waals surface area contributed by atoms with Crippen molar-refractivity contribution in [3.63, 3.8) is 0 Å². The Kier molecular flexibility index (Phi) is 4.76. The molecular weight excluding hydrogens is 305 g/mol. The number of nitrogens with one attached hydrogen (secondary N) is 1. The zero-order valence-corrected chi connectivity index (χ0v) is 13.4. The van der Waals surface area contributed by atoms with Gasteiger partial charge >= 0.3 is 0 Å². The van der Waals surface area contributed by atoms with E-state index in [4.69, 9.17) is 34.3 Å². The van der Waals surface area contributed by atoms with Crippen molar-refractivity contribution in [3.05, 3.63) is 63.6 Å². The molecule has 0 aliphatic rings. The minimum atomic E-state index is 0.00487. The molecule has 3 nitrogen and oxygen atoms in total. The predicted molar refractivity (Wildman–Crippen MR) is 90.7 cm³/mol. The highest BCUT2D eigenvalue weighted by Gasteiger charge is 2.17. The molecule has 1 atom stereocenters. The first-order chi connectivity index (χ1) is 9.91. The molecule has 2 aromatic carbocycles. The molecule has 0 saturated heterocycles. The summed E-state index contributed by atoms with van der Waals surface area (Å²) in [7, 11) is 1.96. The quantitative estimate of drug-likeness (QED) is 0.644. The van der Waals surface area contributed by atoms with E-state index in [1.54, 1.807) is 12.1 Å². The summed E-state index contributed by atoms with van der Waals surface area (Å²) in [6.45, 7) is 2.07. The number of benzene rings is 2. The number of nitrogens with zero attached hydrogens (tertiary/aromatic N) is 1. The maximum absolute atomic E-state index is 7.45. The first-order valence-electron chi connectivity index (χ1n) is 6.53. The van der Waals surface area contributed by atoms with Crippen LogP contribution in [0.1, 0.15) is 24.1 Å². The molecule has 3 N–H and O–H groups in total. The molecule has 1 unspecified atom stereocenters. The van der Waals surface area contributed by atoms with E-state index in [1.807, 2.05) is 42.3 Å². The summed E-state index contributed by atoms with van der Waals surface area (Å²) in [4.78, 5) is 2.05. The van der Waals surface area contributed by atoms with E-state index < -0.39 is 0 Å². The maximum Gasteiger partial charge on any atom is 0.122 e. The van der Waals surface area contributed by atoms with Crippen molar-refractivity contribution in [2.75, 3.05) is 11.9 Å². The lowest BCUT2D eigenvalue weighted by atomic mass is 10.1. The molecule has 0 fully saturated rings. The second-order valence-electron chi connectivity index (χ2n) is 4.89. The number of halogens is 2. The van der Waals surface area contributed by atoms with Gasteiger partial charge in [-0.15, -0.1) is 0 Å². The Labute approximate surface area is 134 Å². The van der Waals surface area contributed by atoms with E-state index in [1.165, 1.54) is 0 Å². The average molecular weight is 322 g/mol. The summed E-state index contributed by atoms with van der Waals surface area (Å²) < 4.78 is 0. The van der Waals surface area contributed by atoms with Gasteiger partial charge in [-0.25, -0.2) is 0 Å². The fraction of sp³-hybridized carbons (Fsp3) is 0.188. The Balaban J connectivity index is 2.34. The van der Waals surface area contributed by atoms with Gasteiger partial charge in [0.2, 0.25) is 0 Å². The summed E-state index contributed by atoms with van der Waals surface area (Å²) in [6.07, 6.45) is 0. The van der Waals surface area contributed by atoms with E-state index in [2.05, 4.69) is 6.92 Å². The van der Waals surface area contributed by atoms with Gasteiger partial charge in [-0.3, -0.25) is 5.41 Å². The summed E-state index contributed by atoms with van der Waals surface area (Å²) in [6, 6.07) is 13.2. The Hall–Kier alpha value is -1.71. The molecule has 0 bridgehead atoms. The predicted octanol–water partition coefficient (Wildman–Crippen LogP) is 4.47. The fourth-order valence-corrected chi connectivity index (χ4v) is 2.80. The highest BCUT2D eigenvalue weighted by atomic mass is 35.5. The molecule has 110 valence electrons. The number of hydrogen-bond acceptors (Lipinski definition) is 2. The summed E-state index contributed by atoms with van der Waals surface area (Å²) in [5.74, 6) is 0.00487.